The highest BCUT2D eigenvalue weighted by Crippen LogP contribution is 2.27. The van der Waals surface area contributed by atoms with Gasteiger partial charge < -0.3 is 5.32 Å². The molecule has 0 radical (unpaired) electrons. The zero-order chi connectivity index (χ0) is 13.4. The van der Waals surface area contributed by atoms with Crippen molar-refractivity contribution < 1.29 is 8.42 Å². The molecule has 1 aliphatic rings. The lowest BCUT2D eigenvalue weighted by Gasteiger charge is -2.31. The number of rotatable bonds is 10. The lowest BCUT2D eigenvalue weighted by Crippen LogP contribution is -2.39. The van der Waals surface area contributed by atoms with Gasteiger partial charge in [0.2, 0.25) is 10.0 Å². The highest BCUT2D eigenvalue weighted by Gasteiger charge is 2.26. The monoisotopic (exact) mass is 276 g/mol. The van der Waals surface area contributed by atoms with E-state index in [1.165, 1.54) is 19.3 Å². The molecular formula is C13H28N2O2S. The smallest absolute Gasteiger partial charge is 0.214 e. The van der Waals surface area contributed by atoms with Gasteiger partial charge in [0.25, 0.3) is 0 Å². The average molecular weight is 276 g/mol. The first-order valence-electron chi connectivity index (χ1n) is 7.28. The van der Waals surface area contributed by atoms with Gasteiger partial charge in [-0.2, -0.15) is 0 Å². The van der Waals surface area contributed by atoms with Crippen LogP contribution in [0.4, 0.5) is 0 Å². The van der Waals surface area contributed by atoms with E-state index in [4.69, 9.17) is 0 Å². The first-order chi connectivity index (χ1) is 8.60. The van der Waals surface area contributed by atoms with Crippen LogP contribution in [0.25, 0.3) is 0 Å². The molecule has 1 N–H and O–H groups in total. The van der Waals surface area contributed by atoms with Crippen molar-refractivity contribution in [1.82, 2.24) is 9.62 Å². The van der Waals surface area contributed by atoms with Gasteiger partial charge in [-0.25, -0.2) is 12.7 Å². The van der Waals surface area contributed by atoms with E-state index in [0.717, 1.165) is 26.1 Å². The van der Waals surface area contributed by atoms with Crippen molar-refractivity contribution in [2.75, 3.05) is 31.9 Å². The van der Waals surface area contributed by atoms with Gasteiger partial charge in [-0.15, -0.1) is 0 Å². The van der Waals surface area contributed by atoms with Crippen LogP contribution in [0.1, 0.15) is 46.0 Å². The van der Waals surface area contributed by atoms with Crippen molar-refractivity contribution in [3.8, 4) is 0 Å². The van der Waals surface area contributed by atoms with Crippen molar-refractivity contribution >= 4 is 10.0 Å². The van der Waals surface area contributed by atoms with Crippen molar-refractivity contribution in [1.29, 1.82) is 0 Å². The van der Waals surface area contributed by atoms with Gasteiger partial charge in [0, 0.05) is 13.1 Å². The largest absolute Gasteiger partial charge is 0.317 e. The minimum Gasteiger partial charge on any atom is -0.317 e. The zero-order valence-electron chi connectivity index (χ0n) is 11.8. The van der Waals surface area contributed by atoms with Crippen LogP contribution < -0.4 is 5.32 Å². The molecule has 1 aliphatic carbocycles. The summed E-state index contributed by atoms with van der Waals surface area (Å²) in [6.07, 6.45) is 5.47. The lowest BCUT2D eigenvalue weighted by molar-refractivity contribution is 0.250. The van der Waals surface area contributed by atoms with Gasteiger partial charge in [0.15, 0.2) is 0 Å². The maximum Gasteiger partial charge on any atom is 0.214 e. The van der Waals surface area contributed by atoms with Crippen LogP contribution in [-0.2, 0) is 10.0 Å². The summed E-state index contributed by atoms with van der Waals surface area (Å²) >= 11 is 0. The fraction of sp³-hybridized carbons (Fsp3) is 1.00. The van der Waals surface area contributed by atoms with Crippen molar-refractivity contribution in [2.24, 2.45) is 5.92 Å². The fourth-order valence-corrected chi connectivity index (χ4v) is 3.81. The van der Waals surface area contributed by atoms with Crippen molar-refractivity contribution in [3.05, 3.63) is 0 Å². The Labute approximate surface area is 112 Å². The van der Waals surface area contributed by atoms with E-state index in [1.807, 2.05) is 6.92 Å². The Morgan fingerprint density at radius 3 is 2.44 bits per heavy atom. The number of nitrogens with zero attached hydrogens (tertiary/aromatic N) is 1. The number of hydrogen-bond acceptors (Lipinski definition) is 3. The van der Waals surface area contributed by atoms with Gasteiger partial charge in [0.05, 0.1) is 5.75 Å². The molecular weight excluding hydrogens is 248 g/mol. The summed E-state index contributed by atoms with van der Waals surface area (Å²) in [4.78, 5) is 0. The zero-order valence-corrected chi connectivity index (χ0v) is 12.6. The van der Waals surface area contributed by atoms with Crippen molar-refractivity contribution in [3.63, 3.8) is 0 Å². The van der Waals surface area contributed by atoms with Crippen LogP contribution >= 0.6 is 0 Å². The number of hydrogen-bond donors (Lipinski definition) is 1. The molecule has 1 saturated carbocycles. The summed E-state index contributed by atoms with van der Waals surface area (Å²) in [7, 11) is -3.04. The summed E-state index contributed by atoms with van der Waals surface area (Å²) in [5.41, 5.74) is 0. The molecule has 0 spiro atoms. The van der Waals surface area contributed by atoms with Crippen LogP contribution in [0.5, 0.6) is 0 Å². The van der Waals surface area contributed by atoms with Gasteiger partial charge >= 0.3 is 0 Å². The summed E-state index contributed by atoms with van der Waals surface area (Å²) in [5.74, 6) is 0.891. The highest BCUT2D eigenvalue weighted by atomic mass is 32.2. The second kappa shape index (κ2) is 8.12. The van der Waals surface area contributed by atoms with E-state index in [-0.39, 0.29) is 5.75 Å². The van der Waals surface area contributed by atoms with E-state index in [0.29, 0.717) is 18.9 Å². The molecule has 0 heterocycles. The SMILES string of the molecule is CCCNCCCS(=O)(=O)N(CC)CC1CCC1. The Hall–Kier alpha value is -0.130. The van der Waals surface area contributed by atoms with E-state index in [2.05, 4.69) is 12.2 Å². The first-order valence-corrected chi connectivity index (χ1v) is 8.89. The third-order valence-electron chi connectivity index (χ3n) is 3.62. The Balaban J connectivity index is 2.29. The van der Waals surface area contributed by atoms with Gasteiger partial charge in [0.1, 0.15) is 0 Å². The highest BCUT2D eigenvalue weighted by molar-refractivity contribution is 7.89. The Morgan fingerprint density at radius 2 is 1.94 bits per heavy atom. The molecule has 0 amide bonds. The summed E-state index contributed by atoms with van der Waals surface area (Å²) in [6.45, 7) is 7.17. The van der Waals surface area contributed by atoms with E-state index in [1.54, 1.807) is 4.31 Å². The molecule has 0 bridgehead atoms. The minimum absolute atomic E-state index is 0.282. The van der Waals surface area contributed by atoms with Gasteiger partial charge in [-0.3, -0.25) is 0 Å². The van der Waals surface area contributed by atoms with Crippen LogP contribution in [-0.4, -0.2) is 44.7 Å². The number of sulfonamides is 1. The van der Waals surface area contributed by atoms with Gasteiger partial charge in [-0.1, -0.05) is 20.3 Å². The second-order valence-corrected chi connectivity index (χ2v) is 7.26. The molecule has 0 atom stereocenters. The van der Waals surface area contributed by atoms with Crippen molar-refractivity contribution in [2.45, 2.75) is 46.0 Å². The normalized spacial score (nSPS) is 17.1. The molecule has 0 unspecified atom stereocenters. The molecule has 0 saturated heterocycles. The average Bonchev–Trinajstić information content (AvgIpc) is 2.27. The predicted octanol–water partition coefficient (Wildman–Crippen LogP) is 1.83. The Bertz CT molecular complexity index is 313. The molecule has 0 aromatic rings. The quantitative estimate of drug-likeness (QED) is 0.619. The molecule has 1 rings (SSSR count). The predicted molar refractivity (Wildman–Crippen MR) is 76.2 cm³/mol. The molecule has 1 fully saturated rings. The van der Waals surface area contributed by atoms with Gasteiger partial charge in [-0.05, 0) is 44.7 Å². The van der Waals surface area contributed by atoms with E-state index >= 15 is 0 Å². The molecule has 0 aromatic carbocycles. The molecule has 4 nitrogen and oxygen atoms in total. The minimum atomic E-state index is -3.04. The summed E-state index contributed by atoms with van der Waals surface area (Å²) < 4.78 is 26.0. The molecule has 0 aliphatic heterocycles. The number of nitrogens with one attached hydrogen (secondary N) is 1. The Morgan fingerprint density at radius 1 is 1.22 bits per heavy atom. The second-order valence-electron chi connectivity index (χ2n) is 5.17. The van der Waals surface area contributed by atoms with Crippen LogP contribution in [0, 0.1) is 5.92 Å². The van der Waals surface area contributed by atoms with Crippen LogP contribution in [0.2, 0.25) is 0 Å². The third kappa shape index (κ3) is 5.24. The van der Waals surface area contributed by atoms with E-state index < -0.39 is 10.0 Å². The topological polar surface area (TPSA) is 49.4 Å². The third-order valence-corrected chi connectivity index (χ3v) is 5.61. The maximum absolute atomic E-state index is 12.2. The fourth-order valence-electron chi connectivity index (χ4n) is 2.21. The molecule has 18 heavy (non-hydrogen) atoms. The van der Waals surface area contributed by atoms with E-state index in [9.17, 15) is 8.42 Å². The maximum atomic E-state index is 12.2. The first kappa shape index (κ1) is 15.9. The lowest BCUT2D eigenvalue weighted by atomic mass is 9.85. The molecule has 5 heteroatoms. The molecule has 0 aromatic heterocycles. The van der Waals surface area contributed by atoms with Crippen LogP contribution in [0.3, 0.4) is 0 Å². The standard InChI is InChI=1S/C13H28N2O2S/c1-3-9-14-10-6-11-18(16,17)15(4-2)12-13-7-5-8-13/h13-14H,3-12H2,1-2H3. The summed E-state index contributed by atoms with van der Waals surface area (Å²) in [5, 5.41) is 3.24. The Kier molecular flexibility index (Phi) is 7.19. The molecule has 108 valence electrons. The summed E-state index contributed by atoms with van der Waals surface area (Å²) in [6, 6.07) is 0. The van der Waals surface area contributed by atoms with Crippen LogP contribution in [0.15, 0.2) is 0 Å².